The molecule has 16 heavy (non-hydrogen) atoms. The largest absolute Gasteiger partial charge is 0.423 e. The van der Waals surface area contributed by atoms with Gasteiger partial charge in [-0.3, -0.25) is 25.1 Å². The smallest absolute Gasteiger partial charge is 0.292 e. The molecule has 0 aromatic heterocycles. The Labute approximate surface area is 87.8 Å². The van der Waals surface area contributed by atoms with Crippen LogP contribution in [0.3, 0.4) is 0 Å². The summed E-state index contributed by atoms with van der Waals surface area (Å²) in [7, 11) is 0. The van der Waals surface area contributed by atoms with E-state index in [1.165, 1.54) is 0 Å². The van der Waals surface area contributed by atoms with Crippen LogP contribution in [0.1, 0.15) is 6.42 Å². The molecule has 9 nitrogen and oxygen atoms in total. The lowest BCUT2D eigenvalue weighted by atomic mass is 9.90. The van der Waals surface area contributed by atoms with Gasteiger partial charge in [0.15, 0.2) is 0 Å². The van der Waals surface area contributed by atoms with Crippen molar-refractivity contribution in [3.63, 3.8) is 0 Å². The highest BCUT2D eigenvalue weighted by Crippen LogP contribution is 2.27. The molecule has 0 amide bonds. The summed E-state index contributed by atoms with van der Waals surface area (Å²) in [5, 5.41) is 29.3. The fraction of sp³-hybridized carbons (Fsp3) is 0.286. The van der Waals surface area contributed by atoms with Crippen molar-refractivity contribution in [2.45, 2.75) is 12.0 Å². The highest BCUT2D eigenvalue weighted by molar-refractivity contribution is 5.82. The molecule has 0 aromatic rings. The van der Waals surface area contributed by atoms with Crippen molar-refractivity contribution in [3.05, 3.63) is 44.2 Å². The zero-order valence-corrected chi connectivity index (χ0v) is 7.73. The maximum atomic E-state index is 11.1. The lowest BCUT2D eigenvalue weighted by Crippen LogP contribution is -2.47. The molecule has 0 saturated carbocycles. The van der Waals surface area contributed by atoms with Gasteiger partial charge in [0.25, 0.3) is 5.70 Å². The third kappa shape index (κ3) is 1.75. The molecule has 1 unspecified atom stereocenters. The Balaban J connectivity index is 3.14. The molecule has 0 radical (unpaired) electrons. The van der Waals surface area contributed by atoms with Crippen LogP contribution in [0.4, 0.5) is 0 Å². The summed E-state index contributed by atoms with van der Waals surface area (Å²) in [6.45, 7) is 0. The summed E-state index contributed by atoms with van der Waals surface area (Å²) in [5.74, 6) is -1.57. The van der Waals surface area contributed by atoms with E-state index in [9.17, 15) is 25.0 Å². The second kappa shape index (κ2) is 4.06. The van der Waals surface area contributed by atoms with Crippen LogP contribution < -0.4 is 0 Å². The average molecular weight is 230 g/mol. The Morgan fingerprint density at radius 3 is 2.56 bits per heavy atom. The predicted octanol–water partition coefficient (Wildman–Crippen LogP) is 0.139. The molecule has 0 aliphatic heterocycles. The van der Waals surface area contributed by atoms with Gasteiger partial charge in [-0.15, -0.1) is 0 Å². The van der Waals surface area contributed by atoms with Gasteiger partial charge in [0.05, 0.1) is 4.92 Å². The summed E-state index contributed by atoms with van der Waals surface area (Å²) < 4.78 is 0. The number of carbonyl (C=O) groups excluding carboxylic acids is 1. The third-order valence-electron chi connectivity index (χ3n) is 2.11. The minimum Gasteiger partial charge on any atom is -0.292 e. The molecular weight excluding hydrogens is 224 g/mol. The molecule has 9 heteroatoms. The highest BCUT2D eigenvalue weighted by Gasteiger charge is 2.55. The summed E-state index contributed by atoms with van der Waals surface area (Å²) in [4.78, 5) is 33.7. The van der Waals surface area contributed by atoms with E-state index in [1.54, 1.807) is 0 Å². The lowest BCUT2D eigenvalue weighted by molar-refractivity contribution is -0.551. The lowest BCUT2D eigenvalue weighted by Gasteiger charge is -2.18. The van der Waals surface area contributed by atoms with Crippen LogP contribution in [-0.4, -0.2) is 26.6 Å². The van der Waals surface area contributed by atoms with Gasteiger partial charge in [-0.25, -0.2) is 4.79 Å². The summed E-state index contributed by atoms with van der Waals surface area (Å²) in [6.07, 6.45) is 2.09. The molecule has 0 bridgehead atoms. The highest BCUT2D eigenvalue weighted by atomic mass is 17.1. The molecule has 0 fully saturated rings. The first-order valence-corrected chi connectivity index (χ1v) is 3.97. The predicted molar refractivity (Wildman–Crippen MR) is 47.3 cm³/mol. The molecule has 1 N–H and O–H groups in total. The van der Waals surface area contributed by atoms with Gasteiger partial charge in [-0.05, 0) is 0 Å². The van der Waals surface area contributed by atoms with E-state index in [-0.39, 0.29) is 0 Å². The Kier molecular flexibility index (Phi) is 2.99. The Bertz CT molecular complexity index is 413. The molecular formula is C7H6N2O7. The standard InChI is InChI=1S/C7H6N2O7/c10-6(16-15)7(9(13)14)3-1-2-5(4-7)8(11)12/h1-3,15H,4H2. The van der Waals surface area contributed by atoms with Crippen LogP contribution in [0.15, 0.2) is 23.9 Å². The Morgan fingerprint density at radius 2 is 2.12 bits per heavy atom. The van der Waals surface area contributed by atoms with Gasteiger partial charge >= 0.3 is 11.5 Å². The molecule has 0 spiro atoms. The fourth-order valence-corrected chi connectivity index (χ4v) is 1.26. The first-order chi connectivity index (χ1) is 7.44. The van der Waals surface area contributed by atoms with Gasteiger partial charge in [-0.1, -0.05) is 6.08 Å². The minimum atomic E-state index is -2.44. The number of carbonyl (C=O) groups is 1. The zero-order valence-electron chi connectivity index (χ0n) is 7.73. The van der Waals surface area contributed by atoms with Crippen LogP contribution in [0.5, 0.6) is 0 Å². The van der Waals surface area contributed by atoms with E-state index >= 15 is 0 Å². The third-order valence-corrected chi connectivity index (χ3v) is 2.11. The minimum absolute atomic E-state index is 0.510. The van der Waals surface area contributed by atoms with Gasteiger partial charge in [0.1, 0.15) is 6.42 Å². The molecule has 1 aliphatic rings. The normalized spacial score (nSPS) is 23.4. The van der Waals surface area contributed by atoms with Gasteiger partial charge in [-0.2, -0.15) is 5.26 Å². The summed E-state index contributed by atoms with van der Waals surface area (Å²) in [5.41, 5.74) is -2.95. The first kappa shape index (κ1) is 11.8. The maximum Gasteiger partial charge on any atom is 0.423 e. The molecule has 86 valence electrons. The summed E-state index contributed by atoms with van der Waals surface area (Å²) >= 11 is 0. The number of rotatable bonds is 3. The number of nitrogens with zero attached hydrogens (tertiary/aromatic N) is 2. The van der Waals surface area contributed by atoms with Crippen LogP contribution in [0.2, 0.25) is 0 Å². The first-order valence-electron chi connectivity index (χ1n) is 3.97. The SMILES string of the molecule is O=C(OO)C1([N+](=O)[O-])C=CC=C([N+](=O)[O-])C1. The zero-order chi connectivity index (χ0) is 12.3. The van der Waals surface area contributed by atoms with Crippen molar-refractivity contribution in [1.82, 2.24) is 0 Å². The van der Waals surface area contributed by atoms with Crippen molar-refractivity contribution < 1.29 is 24.8 Å². The molecule has 1 rings (SSSR count). The van der Waals surface area contributed by atoms with Crippen LogP contribution >= 0.6 is 0 Å². The Hall–Kier alpha value is -2.29. The van der Waals surface area contributed by atoms with E-state index in [0.29, 0.717) is 0 Å². The van der Waals surface area contributed by atoms with Gasteiger partial charge in [0, 0.05) is 17.1 Å². The van der Waals surface area contributed by atoms with Crippen molar-refractivity contribution in [3.8, 4) is 0 Å². The van der Waals surface area contributed by atoms with Crippen molar-refractivity contribution in [2.24, 2.45) is 0 Å². The van der Waals surface area contributed by atoms with Crippen LogP contribution in [0, 0.1) is 20.2 Å². The number of hydrogen-bond acceptors (Lipinski definition) is 7. The Morgan fingerprint density at radius 1 is 1.50 bits per heavy atom. The maximum absolute atomic E-state index is 11.1. The molecule has 1 aliphatic carbocycles. The molecule has 1 atom stereocenters. The number of hydrogen-bond donors (Lipinski definition) is 1. The second-order valence-electron chi connectivity index (χ2n) is 3.01. The van der Waals surface area contributed by atoms with Crippen LogP contribution in [0.25, 0.3) is 0 Å². The van der Waals surface area contributed by atoms with Crippen molar-refractivity contribution in [1.29, 1.82) is 0 Å². The quantitative estimate of drug-likeness (QED) is 0.414. The number of allylic oxidation sites excluding steroid dienone is 2. The van der Waals surface area contributed by atoms with Gasteiger partial charge in [0.2, 0.25) is 0 Å². The van der Waals surface area contributed by atoms with E-state index in [4.69, 9.17) is 5.26 Å². The van der Waals surface area contributed by atoms with Crippen molar-refractivity contribution in [2.75, 3.05) is 0 Å². The van der Waals surface area contributed by atoms with E-state index < -0.39 is 33.5 Å². The monoisotopic (exact) mass is 230 g/mol. The van der Waals surface area contributed by atoms with E-state index in [0.717, 1.165) is 18.2 Å². The van der Waals surface area contributed by atoms with E-state index in [2.05, 4.69) is 4.89 Å². The molecule has 0 heterocycles. The number of nitro groups is 2. The average Bonchev–Trinajstić information content (AvgIpc) is 2.27. The molecule has 0 saturated heterocycles. The van der Waals surface area contributed by atoms with E-state index in [1.807, 2.05) is 0 Å². The molecule has 0 aromatic carbocycles. The summed E-state index contributed by atoms with van der Waals surface area (Å²) in [6, 6.07) is 0. The van der Waals surface area contributed by atoms with Gasteiger partial charge < -0.3 is 0 Å². The van der Waals surface area contributed by atoms with Crippen LogP contribution in [-0.2, 0) is 9.68 Å². The second-order valence-corrected chi connectivity index (χ2v) is 3.01. The van der Waals surface area contributed by atoms with Crippen molar-refractivity contribution >= 4 is 5.97 Å². The fourth-order valence-electron chi connectivity index (χ4n) is 1.26. The topological polar surface area (TPSA) is 133 Å².